The number of nitrogens with zero attached hydrogens (tertiary/aromatic N) is 5. The zero-order valence-corrected chi connectivity index (χ0v) is 14.9. The fourth-order valence-corrected chi connectivity index (χ4v) is 3.56. The summed E-state index contributed by atoms with van der Waals surface area (Å²) in [6, 6.07) is 1.94. The smallest absolute Gasteiger partial charge is 0.325 e. The van der Waals surface area contributed by atoms with Gasteiger partial charge in [0.05, 0.1) is 0 Å². The van der Waals surface area contributed by atoms with Gasteiger partial charge in [-0.1, -0.05) is 13.3 Å². The molecule has 1 fully saturated rings. The Bertz CT molecular complexity index is 743. The summed E-state index contributed by atoms with van der Waals surface area (Å²) in [6.45, 7) is 5.79. The Hall–Kier alpha value is -2.44. The van der Waals surface area contributed by atoms with Crippen LogP contribution in [0.4, 0.5) is 5.82 Å². The molecule has 7 nitrogen and oxygen atoms in total. The summed E-state index contributed by atoms with van der Waals surface area (Å²) in [4.78, 5) is 22.4. The van der Waals surface area contributed by atoms with E-state index in [9.17, 15) is 4.79 Å². The maximum Gasteiger partial charge on any atom is 0.325 e. The molecule has 2 aromatic rings. The highest BCUT2D eigenvalue weighted by atomic mass is 16.4. The lowest BCUT2D eigenvalue weighted by Gasteiger charge is -2.34. The topological polar surface area (TPSA) is 84.1 Å². The first-order valence-electron chi connectivity index (χ1n) is 8.89. The number of carboxylic acid groups (broad SMARTS) is 1. The molecule has 0 radical (unpaired) electrons. The molecule has 1 aliphatic heterocycles. The van der Waals surface area contributed by atoms with Crippen molar-refractivity contribution in [2.45, 2.75) is 52.0 Å². The zero-order valence-electron chi connectivity index (χ0n) is 14.9. The summed E-state index contributed by atoms with van der Waals surface area (Å²) < 4.78 is 1.61. The Morgan fingerprint density at radius 3 is 3.04 bits per heavy atom. The van der Waals surface area contributed by atoms with Crippen LogP contribution in [-0.2, 0) is 17.8 Å². The van der Waals surface area contributed by atoms with Gasteiger partial charge < -0.3 is 10.0 Å². The Morgan fingerprint density at radius 1 is 1.44 bits per heavy atom. The van der Waals surface area contributed by atoms with Gasteiger partial charge in [-0.15, -0.1) is 0 Å². The molecule has 2 aromatic heterocycles. The van der Waals surface area contributed by atoms with E-state index in [2.05, 4.69) is 21.9 Å². The number of carbonyl (C=O) groups is 1. The molecule has 25 heavy (non-hydrogen) atoms. The monoisotopic (exact) mass is 343 g/mol. The van der Waals surface area contributed by atoms with Gasteiger partial charge in [0.2, 0.25) is 0 Å². The molecule has 0 unspecified atom stereocenters. The molecule has 3 rings (SSSR count). The first kappa shape index (κ1) is 17.4. The van der Waals surface area contributed by atoms with E-state index < -0.39 is 5.97 Å². The number of piperidine rings is 1. The van der Waals surface area contributed by atoms with Crippen molar-refractivity contribution in [2.24, 2.45) is 0 Å². The average molecular weight is 343 g/mol. The molecular formula is C18H25N5O2. The molecular weight excluding hydrogens is 318 g/mol. The quantitative estimate of drug-likeness (QED) is 0.867. The molecule has 1 saturated heterocycles. The third kappa shape index (κ3) is 3.97. The Morgan fingerprint density at radius 2 is 2.28 bits per heavy atom. The number of hydrogen-bond acceptors (Lipinski definition) is 5. The van der Waals surface area contributed by atoms with Crippen LogP contribution in [0.1, 0.15) is 49.2 Å². The lowest BCUT2D eigenvalue weighted by molar-refractivity contribution is -0.137. The van der Waals surface area contributed by atoms with Crippen molar-refractivity contribution in [1.82, 2.24) is 19.7 Å². The highest BCUT2D eigenvalue weighted by molar-refractivity contribution is 5.66. The van der Waals surface area contributed by atoms with Crippen molar-refractivity contribution in [1.29, 1.82) is 0 Å². The number of anilines is 1. The minimum atomic E-state index is -0.866. The van der Waals surface area contributed by atoms with Crippen LogP contribution in [0.15, 0.2) is 18.5 Å². The molecule has 0 spiro atoms. The minimum Gasteiger partial charge on any atom is -0.480 e. The Balaban J connectivity index is 1.84. The van der Waals surface area contributed by atoms with Crippen molar-refractivity contribution >= 4 is 11.8 Å². The molecule has 3 heterocycles. The van der Waals surface area contributed by atoms with Crippen molar-refractivity contribution in [2.75, 3.05) is 18.0 Å². The van der Waals surface area contributed by atoms with Gasteiger partial charge in [0.25, 0.3) is 0 Å². The van der Waals surface area contributed by atoms with Gasteiger partial charge in [-0.25, -0.2) is 9.97 Å². The first-order valence-corrected chi connectivity index (χ1v) is 8.89. The van der Waals surface area contributed by atoms with Gasteiger partial charge in [0.1, 0.15) is 18.2 Å². The molecule has 0 bridgehead atoms. The predicted molar refractivity (Wildman–Crippen MR) is 94.8 cm³/mol. The fourth-order valence-electron chi connectivity index (χ4n) is 3.56. The summed E-state index contributed by atoms with van der Waals surface area (Å²) in [6.07, 6.45) is 7.75. The van der Waals surface area contributed by atoms with Crippen LogP contribution in [0.25, 0.3) is 0 Å². The number of aryl methyl sites for hydroxylation is 2. The van der Waals surface area contributed by atoms with Gasteiger partial charge in [-0.3, -0.25) is 9.48 Å². The van der Waals surface area contributed by atoms with Crippen LogP contribution >= 0.6 is 0 Å². The predicted octanol–water partition coefficient (Wildman–Crippen LogP) is 2.40. The summed E-state index contributed by atoms with van der Waals surface area (Å²) in [7, 11) is 0. The summed E-state index contributed by atoms with van der Waals surface area (Å²) in [5, 5.41) is 13.3. The molecule has 134 valence electrons. The van der Waals surface area contributed by atoms with Crippen LogP contribution in [0.5, 0.6) is 0 Å². The van der Waals surface area contributed by atoms with Crippen molar-refractivity contribution in [3.8, 4) is 0 Å². The molecule has 1 atom stereocenters. The van der Waals surface area contributed by atoms with E-state index in [1.807, 2.05) is 19.2 Å². The lowest BCUT2D eigenvalue weighted by Crippen LogP contribution is -2.36. The van der Waals surface area contributed by atoms with Crippen LogP contribution in [-0.4, -0.2) is 43.9 Å². The van der Waals surface area contributed by atoms with Crippen LogP contribution in [0.2, 0.25) is 0 Å². The van der Waals surface area contributed by atoms with Crippen LogP contribution in [0, 0.1) is 6.92 Å². The molecule has 0 amide bonds. The second kappa shape index (κ2) is 7.63. The largest absolute Gasteiger partial charge is 0.480 e. The average Bonchev–Trinajstić information content (AvgIpc) is 3.04. The first-order chi connectivity index (χ1) is 12.1. The molecule has 0 saturated carbocycles. The normalized spacial score (nSPS) is 17.7. The number of hydrogen-bond donors (Lipinski definition) is 1. The third-order valence-corrected chi connectivity index (χ3v) is 4.66. The summed E-state index contributed by atoms with van der Waals surface area (Å²) in [5.41, 5.74) is 2.18. The molecule has 0 aliphatic carbocycles. The van der Waals surface area contributed by atoms with Crippen LogP contribution in [0.3, 0.4) is 0 Å². The summed E-state index contributed by atoms with van der Waals surface area (Å²) >= 11 is 0. The Kier molecular flexibility index (Phi) is 5.31. The van der Waals surface area contributed by atoms with E-state index >= 15 is 0 Å². The van der Waals surface area contributed by atoms with E-state index in [0.29, 0.717) is 0 Å². The van der Waals surface area contributed by atoms with Gasteiger partial charge in [-0.05, 0) is 32.3 Å². The molecule has 1 aliphatic rings. The highest BCUT2D eigenvalue weighted by Crippen LogP contribution is 2.31. The second-order valence-corrected chi connectivity index (χ2v) is 6.61. The highest BCUT2D eigenvalue weighted by Gasteiger charge is 2.26. The molecule has 1 N–H and O–H groups in total. The maximum absolute atomic E-state index is 11.1. The number of rotatable bonds is 6. The minimum absolute atomic E-state index is 0.0907. The van der Waals surface area contributed by atoms with Crippen molar-refractivity contribution in [3.05, 3.63) is 35.5 Å². The lowest BCUT2D eigenvalue weighted by atomic mass is 9.94. The number of carboxylic acids is 1. The van der Waals surface area contributed by atoms with Crippen molar-refractivity contribution in [3.63, 3.8) is 0 Å². The number of aliphatic carboxylic acids is 1. The standard InChI is InChI=1S/C18H25N5O2/c1-3-5-14-10-19-13(2)21-18(14)22-9-4-6-15(11-22)16-7-8-20-23(16)12-17(24)25/h7-8,10,15H,3-6,9,11-12H2,1-2H3,(H,24,25)/t15-/m0/s1. The zero-order chi connectivity index (χ0) is 17.8. The Labute approximate surface area is 147 Å². The molecule has 0 aromatic carbocycles. The van der Waals surface area contributed by atoms with Crippen molar-refractivity contribution < 1.29 is 9.90 Å². The third-order valence-electron chi connectivity index (χ3n) is 4.66. The van der Waals surface area contributed by atoms with Gasteiger partial charge >= 0.3 is 5.97 Å². The van der Waals surface area contributed by atoms with E-state index in [1.54, 1.807) is 10.9 Å². The summed E-state index contributed by atoms with van der Waals surface area (Å²) in [5.74, 6) is 1.21. The fraction of sp³-hybridized carbons (Fsp3) is 0.556. The van der Waals surface area contributed by atoms with Gasteiger partial charge in [-0.2, -0.15) is 5.10 Å². The second-order valence-electron chi connectivity index (χ2n) is 6.61. The van der Waals surface area contributed by atoms with E-state index in [1.165, 1.54) is 5.56 Å². The molecule has 7 heteroatoms. The van der Waals surface area contributed by atoms with E-state index in [-0.39, 0.29) is 12.5 Å². The maximum atomic E-state index is 11.1. The van der Waals surface area contributed by atoms with E-state index in [0.717, 1.165) is 56.1 Å². The van der Waals surface area contributed by atoms with Crippen LogP contribution < -0.4 is 4.90 Å². The van der Waals surface area contributed by atoms with Gasteiger partial charge in [0, 0.05) is 42.7 Å². The van der Waals surface area contributed by atoms with Gasteiger partial charge in [0.15, 0.2) is 0 Å². The van der Waals surface area contributed by atoms with E-state index in [4.69, 9.17) is 10.1 Å². The SMILES string of the molecule is CCCc1cnc(C)nc1N1CCC[C@H](c2ccnn2CC(=O)O)C1. The number of aromatic nitrogens is 4.